The smallest absolute Gasteiger partial charge is 0.323 e. The van der Waals surface area contributed by atoms with Crippen molar-refractivity contribution in [1.82, 2.24) is 9.97 Å². The molecular formula is C21H21FN4O3. The Balaban J connectivity index is 1.74. The first-order valence-corrected chi connectivity index (χ1v) is 9.05. The molecule has 0 unspecified atom stereocenters. The molecule has 2 N–H and O–H groups in total. The monoisotopic (exact) mass is 396 g/mol. The summed E-state index contributed by atoms with van der Waals surface area (Å²) in [6.07, 6.45) is 0. The van der Waals surface area contributed by atoms with Gasteiger partial charge in [-0.2, -0.15) is 9.97 Å². The molecule has 7 nitrogen and oxygen atoms in total. The van der Waals surface area contributed by atoms with Gasteiger partial charge in [0.1, 0.15) is 5.75 Å². The van der Waals surface area contributed by atoms with E-state index in [0.717, 1.165) is 0 Å². The fourth-order valence-corrected chi connectivity index (χ4v) is 2.66. The molecule has 0 bridgehead atoms. The van der Waals surface area contributed by atoms with Crippen molar-refractivity contribution in [2.45, 2.75) is 20.8 Å². The molecule has 0 spiro atoms. The first kappa shape index (κ1) is 20.1. The molecule has 0 aliphatic carbocycles. The van der Waals surface area contributed by atoms with Crippen LogP contribution in [0.2, 0.25) is 0 Å². The van der Waals surface area contributed by atoms with E-state index < -0.39 is 11.8 Å². The number of carbonyl (C=O) groups is 1. The van der Waals surface area contributed by atoms with E-state index in [1.54, 1.807) is 44.2 Å². The molecule has 0 atom stereocenters. The molecule has 0 fully saturated rings. The van der Waals surface area contributed by atoms with Crippen LogP contribution in [-0.4, -0.2) is 22.6 Å². The number of rotatable bonds is 6. The molecule has 3 aromatic rings. The molecular weight excluding hydrogens is 375 g/mol. The summed E-state index contributed by atoms with van der Waals surface area (Å²) in [4.78, 5) is 20.9. The summed E-state index contributed by atoms with van der Waals surface area (Å²) in [5, 5.41) is 5.49. The van der Waals surface area contributed by atoms with Crippen LogP contribution in [0.25, 0.3) is 0 Å². The van der Waals surface area contributed by atoms with E-state index in [4.69, 9.17) is 9.47 Å². The summed E-state index contributed by atoms with van der Waals surface area (Å²) >= 11 is 0. The fourth-order valence-electron chi connectivity index (χ4n) is 2.66. The molecule has 0 saturated carbocycles. The van der Waals surface area contributed by atoms with E-state index in [1.807, 2.05) is 13.0 Å². The van der Waals surface area contributed by atoms with Gasteiger partial charge in [0.15, 0.2) is 11.6 Å². The second-order valence-corrected chi connectivity index (χ2v) is 6.09. The number of anilines is 2. The van der Waals surface area contributed by atoms with Gasteiger partial charge in [0.25, 0.3) is 0 Å². The Morgan fingerprint density at radius 1 is 0.966 bits per heavy atom. The van der Waals surface area contributed by atoms with Crippen LogP contribution < -0.4 is 20.1 Å². The van der Waals surface area contributed by atoms with E-state index in [1.165, 1.54) is 12.1 Å². The highest BCUT2D eigenvalue weighted by molar-refractivity contribution is 6.01. The zero-order valence-electron chi connectivity index (χ0n) is 16.3. The maximum absolute atomic E-state index is 13.8. The second kappa shape index (κ2) is 9.01. The maximum atomic E-state index is 13.8. The Bertz CT molecular complexity index is 1000. The first-order valence-electron chi connectivity index (χ1n) is 9.05. The summed E-state index contributed by atoms with van der Waals surface area (Å²) < 4.78 is 24.7. The third kappa shape index (κ3) is 4.98. The summed E-state index contributed by atoms with van der Waals surface area (Å²) in [7, 11) is 0. The summed E-state index contributed by atoms with van der Waals surface area (Å²) in [6, 6.07) is 12.7. The summed E-state index contributed by atoms with van der Waals surface area (Å²) in [5.74, 6) is 0.0849. The van der Waals surface area contributed by atoms with E-state index in [9.17, 15) is 9.18 Å². The van der Waals surface area contributed by atoms with Crippen LogP contribution >= 0.6 is 0 Å². The number of hydrogen-bond donors (Lipinski definition) is 2. The first-order chi connectivity index (χ1) is 14.0. The zero-order chi connectivity index (χ0) is 20.8. The zero-order valence-corrected chi connectivity index (χ0v) is 16.3. The van der Waals surface area contributed by atoms with Crippen LogP contribution in [0.5, 0.6) is 17.5 Å². The molecule has 1 aromatic heterocycles. The number of amides is 2. The van der Waals surface area contributed by atoms with Crippen LogP contribution in [-0.2, 0) is 0 Å². The van der Waals surface area contributed by atoms with Crippen LogP contribution in [0, 0.1) is 19.7 Å². The highest BCUT2D eigenvalue weighted by atomic mass is 19.1. The lowest BCUT2D eigenvalue weighted by atomic mass is 10.3. The third-order valence-electron chi connectivity index (χ3n) is 3.96. The summed E-state index contributed by atoms with van der Waals surface area (Å²) in [5.41, 5.74) is 1.95. The number of carbonyl (C=O) groups excluding carboxylic acids is 1. The van der Waals surface area contributed by atoms with Gasteiger partial charge < -0.3 is 20.1 Å². The molecule has 0 radical (unpaired) electrons. The number of para-hydroxylation sites is 3. The average Bonchev–Trinajstić information content (AvgIpc) is 2.68. The van der Waals surface area contributed by atoms with Crippen LogP contribution in [0.15, 0.2) is 48.5 Å². The lowest BCUT2D eigenvalue weighted by Crippen LogP contribution is -2.21. The Kier molecular flexibility index (Phi) is 6.23. The number of ether oxygens (including phenoxy) is 2. The van der Waals surface area contributed by atoms with Crippen molar-refractivity contribution in [1.29, 1.82) is 0 Å². The van der Waals surface area contributed by atoms with Crippen LogP contribution in [0.1, 0.15) is 18.3 Å². The quantitative estimate of drug-likeness (QED) is 0.608. The van der Waals surface area contributed by atoms with E-state index >= 15 is 0 Å². The average molecular weight is 396 g/mol. The third-order valence-corrected chi connectivity index (χ3v) is 3.96. The van der Waals surface area contributed by atoms with Crippen molar-refractivity contribution in [3.8, 4) is 17.5 Å². The molecule has 150 valence electrons. The molecule has 8 heteroatoms. The minimum atomic E-state index is -0.513. The largest absolute Gasteiger partial charge is 0.492 e. The topological polar surface area (TPSA) is 85.4 Å². The molecule has 2 amide bonds. The Morgan fingerprint density at radius 3 is 2.24 bits per heavy atom. The van der Waals surface area contributed by atoms with Gasteiger partial charge in [-0.25, -0.2) is 9.18 Å². The van der Waals surface area contributed by atoms with Crippen molar-refractivity contribution in [2.75, 3.05) is 17.2 Å². The lowest BCUT2D eigenvalue weighted by molar-refractivity contribution is 0.262. The molecule has 3 rings (SSSR count). The van der Waals surface area contributed by atoms with Gasteiger partial charge in [-0.1, -0.05) is 24.3 Å². The molecule has 0 aliphatic rings. The maximum Gasteiger partial charge on any atom is 0.323 e. The van der Waals surface area contributed by atoms with Gasteiger partial charge in [0, 0.05) is 0 Å². The van der Waals surface area contributed by atoms with Crippen molar-refractivity contribution in [2.24, 2.45) is 0 Å². The van der Waals surface area contributed by atoms with Crippen molar-refractivity contribution in [3.05, 3.63) is 65.7 Å². The Morgan fingerprint density at radius 2 is 1.59 bits per heavy atom. The number of benzene rings is 2. The highest BCUT2D eigenvalue weighted by Crippen LogP contribution is 2.26. The predicted octanol–water partition coefficient (Wildman–Crippen LogP) is 5.07. The number of nitrogens with one attached hydrogen (secondary N) is 2. The second-order valence-electron chi connectivity index (χ2n) is 6.09. The Labute approximate surface area is 167 Å². The van der Waals surface area contributed by atoms with Gasteiger partial charge in [0.2, 0.25) is 0 Å². The number of halogens is 1. The SMILES string of the molecule is CCOc1ccccc1NC(=O)Nc1c(C)nc(Oc2ccccc2F)nc1C. The number of aryl methyl sites for hydroxylation is 2. The van der Waals surface area contributed by atoms with Crippen molar-refractivity contribution >= 4 is 17.4 Å². The number of aromatic nitrogens is 2. The minimum absolute atomic E-state index is 0.00208. The predicted molar refractivity (Wildman–Crippen MR) is 108 cm³/mol. The van der Waals surface area contributed by atoms with Crippen molar-refractivity contribution in [3.63, 3.8) is 0 Å². The van der Waals surface area contributed by atoms with Crippen LogP contribution in [0.3, 0.4) is 0 Å². The molecule has 2 aromatic carbocycles. The number of nitrogens with zero attached hydrogens (tertiary/aromatic N) is 2. The minimum Gasteiger partial charge on any atom is -0.492 e. The Hall–Kier alpha value is -3.68. The van der Waals surface area contributed by atoms with Gasteiger partial charge in [-0.05, 0) is 45.0 Å². The van der Waals surface area contributed by atoms with E-state index in [0.29, 0.717) is 35.1 Å². The highest BCUT2D eigenvalue weighted by Gasteiger charge is 2.15. The van der Waals surface area contributed by atoms with Crippen molar-refractivity contribution < 1.29 is 18.7 Å². The van der Waals surface area contributed by atoms with Gasteiger partial charge in [-0.3, -0.25) is 0 Å². The summed E-state index contributed by atoms with van der Waals surface area (Å²) in [6.45, 7) is 5.75. The standard InChI is InChI=1S/C21H21FN4O3/c1-4-28-18-12-8-6-10-16(18)25-20(27)26-19-13(2)23-21(24-14(19)3)29-17-11-7-5-9-15(17)22/h5-12H,4H2,1-3H3,(H2,25,26,27). The molecule has 0 aliphatic heterocycles. The van der Waals surface area contributed by atoms with Gasteiger partial charge in [0.05, 0.1) is 29.4 Å². The molecule has 0 saturated heterocycles. The fraction of sp³-hybridized carbons (Fsp3) is 0.190. The molecule has 29 heavy (non-hydrogen) atoms. The number of urea groups is 1. The van der Waals surface area contributed by atoms with Gasteiger partial charge in [-0.15, -0.1) is 0 Å². The van der Waals surface area contributed by atoms with Crippen LogP contribution in [0.4, 0.5) is 20.6 Å². The lowest BCUT2D eigenvalue weighted by Gasteiger charge is -2.15. The van der Waals surface area contributed by atoms with Gasteiger partial charge >= 0.3 is 12.0 Å². The normalized spacial score (nSPS) is 10.3. The number of hydrogen-bond acceptors (Lipinski definition) is 5. The van der Waals surface area contributed by atoms with E-state index in [-0.39, 0.29) is 11.8 Å². The molecule has 1 heterocycles. The van der Waals surface area contributed by atoms with E-state index in [2.05, 4.69) is 20.6 Å².